The maximum atomic E-state index is 13.2. The molecular weight excluding hydrogens is 412 g/mol. The molecule has 0 saturated carbocycles. The fourth-order valence-corrected chi connectivity index (χ4v) is 5.39. The zero-order valence-corrected chi connectivity index (χ0v) is 18.2. The summed E-state index contributed by atoms with van der Waals surface area (Å²) in [7, 11) is -1.28. The first kappa shape index (κ1) is 22.3. The summed E-state index contributed by atoms with van der Waals surface area (Å²) >= 11 is 0. The van der Waals surface area contributed by atoms with Crippen LogP contribution in [-0.2, 0) is 33.8 Å². The van der Waals surface area contributed by atoms with Crippen molar-refractivity contribution in [2.24, 2.45) is 0 Å². The number of ether oxygens (including phenoxy) is 3. The van der Waals surface area contributed by atoms with Gasteiger partial charge in [0.2, 0.25) is 10.0 Å². The van der Waals surface area contributed by atoms with Gasteiger partial charge in [-0.15, -0.1) is 0 Å². The van der Waals surface area contributed by atoms with Crippen LogP contribution >= 0.6 is 0 Å². The van der Waals surface area contributed by atoms with E-state index in [0.717, 1.165) is 19.3 Å². The van der Waals surface area contributed by atoms with E-state index in [2.05, 4.69) is 0 Å². The monoisotopic (exact) mass is 438 g/mol. The Kier molecular flexibility index (Phi) is 6.79. The average Bonchev–Trinajstić information content (AvgIpc) is 2.78. The average molecular weight is 439 g/mol. The van der Waals surface area contributed by atoms with Gasteiger partial charge in [-0.25, -0.2) is 18.0 Å². The minimum absolute atomic E-state index is 0.0108. The number of methoxy groups -OCH3 is 2. The molecule has 2 aliphatic rings. The molecule has 0 bridgehead atoms. The molecule has 0 amide bonds. The van der Waals surface area contributed by atoms with Gasteiger partial charge >= 0.3 is 11.9 Å². The van der Waals surface area contributed by atoms with Crippen molar-refractivity contribution in [3.63, 3.8) is 0 Å². The summed E-state index contributed by atoms with van der Waals surface area (Å²) in [6, 6.07) is 4.86. The number of carbonyl (C=O) groups is 2. The summed E-state index contributed by atoms with van der Waals surface area (Å²) in [6.07, 6.45) is 2.67. The van der Waals surface area contributed by atoms with Gasteiger partial charge in [-0.3, -0.25) is 0 Å². The second-order valence-electron chi connectivity index (χ2n) is 7.13. The third kappa shape index (κ3) is 4.21. The maximum Gasteiger partial charge on any atom is 0.355 e. The van der Waals surface area contributed by atoms with E-state index in [4.69, 9.17) is 14.2 Å². The predicted octanol–water partition coefficient (Wildman–Crippen LogP) is 1.56. The number of hydrogen-bond acceptors (Lipinski definition) is 8. The molecule has 1 aromatic carbocycles. The molecule has 2 heterocycles. The number of piperidine rings is 1. The highest BCUT2D eigenvalue weighted by Crippen LogP contribution is 2.31. The minimum atomic E-state index is -3.69. The third-order valence-corrected chi connectivity index (χ3v) is 7.29. The van der Waals surface area contributed by atoms with Gasteiger partial charge in [0.05, 0.1) is 31.3 Å². The van der Waals surface area contributed by atoms with Gasteiger partial charge < -0.3 is 19.1 Å². The van der Waals surface area contributed by atoms with Gasteiger partial charge in [0, 0.05) is 18.8 Å². The van der Waals surface area contributed by atoms with E-state index in [1.165, 1.54) is 29.5 Å². The molecule has 0 spiro atoms. The number of rotatable bonds is 5. The molecule has 0 N–H and O–H groups in total. The lowest BCUT2D eigenvalue weighted by Gasteiger charge is -2.32. The third-order valence-electron chi connectivity index (χ3n) is 5.25. The molecule has 164 valence electrons. The van der Waals surface area contributed by atoms with Gasteiger partial charge in [-0.1, -0.05) is 12.5 Å². The summed E-state index contributed by atoms with van der Waals surface area (Å²) in [5.41, 5.74) is 0.981. The molecule has 0 aliphatic carbocycles. The minimum Gasteiger partial charge on any atom is -0.466 e. The van der Waals surface area contributed by atoms with Crippen molar-refractivity contribution < 1.29 is 32.2 Å². The fraction of sp³-hybridized carbons (Fsp3) is 0.500. The van der Waals surface area contributed by atoms with E-state index in [-0.39, 0.29) is 29.5 Å². The molecule has 2 aliphatic heterocycles. The van der Waals surface area contributed by atoms with Crippen molar-refractivity contribution in [1.82, 2.24) is 4.31 Å². The van der Waals surface area contributed by atoms with Crippen LogP contribution < -0.4 is 4.90 Å². The Morgan fingerprint density at radius 1 is 1.03 bits per heavy atom. The number of benzene rings is 1. The molecule has 1 saturated heterocycles. The highest BCUT2D eigenvalue weighted by atomic mass is 32.2. The molecule has 1 aromatic rings. The van der Waals surface area contributed by atoms with Crippen LogP contribution in [0.1, 0.15) is 24.8 Å². The van der Waals surface area contributed by atoms with E-state index < -0.39 is 22.0 Å². The van der Waals surface area contributed by atoms with Crippen LogP contribution in [-0.4, -0.2) is 65.3 Å². The summed E-state index contributed by atoms with van der Waals surface area (Å²) < 4.78 is 43.0. The number of sulfonamides is 1. The second-order valence-corrected chi connectivity index (χ2v) is 9.04. The van der Waals surface area contributed by atoms with Gasteiger partial charge in [-0.05, 0) is 37.5 Å². The van der Waals surface area contributed by atoms with Gasteiger partial charge in [0.1, 0.15) is 12.4 Å². The molecule has 10 heteroatoms. The number of hydrogen-bond donors (Lipinski definition) is 0. The topological polar surface area (TPSA) is 102 Å². The first-order valence-corrected chi connectivity index (χ1v) is 11.1. The largest absolute Gasteiger partial charge is 0.466 e. The lowest BCUT2D eigenvalue weighted by molar-refractivity contribution is -0.140. The van der Waals surface area contributed by atoms with Crippen LogP contribution in [0.3, 0.4) is 0 Å². The fourth-order valence-electron chi connectivity index (χ4n) is 3.63. The number of esters is 2. The molecule has 9 nitrogen and oxygen atoms in total. The highest BCUT2D eigenvalue weighted by Gasteiger charge is 2.34. The van der Waals surface area contributed by atoms with Crippen molar-refractivity contribution in [1.29, 1.82) is 0 Å². The predicted molar refractivity (Wildman–Crippen MR) is 108 cm³/mol. The van der Waals surface area contributed by atoms with Crippen LogP contribution in [0.4, 0.5) is 5.69 Å². The number of anilines is 1. The molecule has 0 aromatic heterocycles. The second kappa shape index (κ2) is 9.15. The normalized spacial score (nSPS) is 18.3. The van der Waals surface area contributed by atoms with Crippen LogP contribution in [0.5, 0.6) is 0 Å². The first-order valence-electron chi connectivity index (χ1n) is 9.67. The quantitative estimate of drug-likeness (QED) is 0.639. The van der Waals surface area contributed by atoms with Crippen LogP contribution in [0, 0.1) is 6.92 Å². The number of aryl methyl sites for hydroxylation is 1. The van der Waals surface area contributed by atoms with Gasteiger partial charge in [-0.2, -0.15) is 4.31 Å². The number of carbonyl (C=O) groups excluding carboxylic acids is 2. The first-order chi connectivity index (χ1) is 14.3. The molecule has 3 rings (SSSR count). The Hall–Kier alpha value is -2.43. The maximum absolute atomic E-state index is 13.2. The summed E-state index contributed by atoms with van der Waals surface area (Å²) in [5.74, 6) is -1.45. The van der Waals surface area contributed by atoms with Crippen molar-refractivity contribution >= 4 is 27.6 Å². The van der Waals surface area contributed by atoms with Crippen LogP contribution in [0.15, 0.2) is 34.4 Å². The van der Waals surface area contributed by atoms with E-state index >= 15 is 0 Å². The highest BCUT2D eigenvalue weighted by molar-refractivity contribution is 7.89. The van der Waals surface area contributed by atoms with E-state index in [9.17, 15) is 18.0 Å². The lowest BCUT2D eigenvalue weighted by atomic mass is 10.1. The molecule has 0 unspecified atom stereocenters. The van der Waals surface area contributed by atoms with Gasteiger partial charge in [0.25, 0.3) is 0 Å². The Balaban J connectivity index is 2.08. The Morgan fingerprint density at radius 2 is 1.70 bits per heavy atom. The SMILES string of the molecule is COC(=O)C1=C(C(=O)OC)N(c2ccc(C)c(S(=O)(=O)N3CCCCC3)c2)COC1. The van der Waals surface area contributed by atoms with Crippen molar-refractivity contribution in [3.8, 4) is 0 Å². The Bertz CT molecular complexity index is 965. The van der Waals surface area contributed by atoms with E-state index in [1.807, 2.05) is 0 Å². The molecule has 1 fully saturated rings. The standard InChI is InChI=1S/C20H26N2O7S/c1-14-7-8-15(11-17(14)30(25,26)21-9-5-4-6-10-21)22-13-29-12-16(19(23)27-2)18(22)20(24)28-3/h7-8,11H,4-6,9-10,12-13H2,1-3H3. The van der Waals surface area contributed by atoms with E-state index in [1.54, 1.807) is 19.1 Å². The van der Waals surface area contributed by atoms with E-state index in [0.29, 0.717) is 24.3 Å². The summed E-state index contributed by atoms with van der Waals surface area (Å²) in [4.78, 5) is 26.2. The summed E-state index contributed by atoms with van der Waals surface area (Å²) in [5, 5.41) is 0. The van der Waals surface area contributed by atoms with Crippen LogP contribution in [0.2, 0.25) is 0 Å². The van der Waals surface area contributed by atoms with Crippen molar-refractivity contribution in [2.75, 3.05) is 45.5 Å². The van der Waals surface area contributed by atoms with Crippen molar-refractivity contribution in [3.05, 3.63) is 35.0 Å². The smallest absolute Gasteiger partial charge is 0.355 e. The van der Waals surface area contributed by atoms with Crippen molar-refractivity contribution in [2.45, 2.75) is 31.1 Å². The Morgan fingerprint density at radius 3 is 2.33 bits per heavy atom. The van der Waals surface area contributed by atoms with Crippen LogP contribution in [0.25, 0.3) is 0 Å². The zero-order chi connectivity index (χ0) is 21.9. The molecule has 0 radical (unpaired) electrons. The Labute approximate surface area is 176 Å². The molecular formula is C20H26N2O7S. The summed E-state index contributed by atoms with van der Waals surface area (Å²) in [6.45, 7) is 2.54. The molecule has 0 atom stereocenters. The van der Waals surface area contributed by atoms with Gasteiger partial charge in [0.15, 0.2) is 0 Å². The zero-order valence-electron chi connectivity index (χ0n) is 17.3. The lowest BCUT2D eigenvalue weighted by Crippen LogP contribution is -2.39. The number of nitrogens with zero attached hydrogens (tertiary/aromatic N) is 2. The molecule has 30 heavy (non-hydrogen) atoms.